The Morgan fingerprint density at radius 1 is 1.19 bits per heavy atom. The number of amides is 1. The summed E-state index contributed by atoms with van der Waals surface area (Å²) in [6, 6.07) is 3.71. The van der Waals surface area contributed by atoms with Crippen LogP contribution in [0.1, 0.15) is 59.8 Å². The number of alkyl halides is 3. The maximum atomic E-state index is 14.7. The number of piperidine rings is 1. The third-order valence-corrected chi connectivity index (χ3v) is 8.55. The third kappa shape index (κ3) is 3.90. The molecule has 6 nitrogen and oxygen atoms in total. The summed E-state index contributed by atoms with van der Waals surface area (Å²) in [4.78, 5) is 28.6. The molecule has 3 aliphatic carbocycles. The molecule has 4 fully saturated rings. The molecule has 0 radical (unpaired) electrons. The molecule has 1 aromatic carbocycles. The lowest BCUT2D eigenvalue weighted by atomic mass is 10.0. The van der Waals surface area contributed by atoms with Crippen LogP contribution in [0.25, 0.3) is 0 Å². The summed E-state index contributed by atoms with van der Waals surface area (Å²) in [5.74, 6) is -1.07. The molecule has 0 bridgehead atoms. The fourth-order valence-electron chi connectivity index (χ4n) is 6.10. The van der Waals surface area contributed by atoms with Crippen molar-refractivity contribution in [3.05, 3.63) is 63.3 Å². The van der Waals surface area contributed by atoms with Crippen molar-refractivity contribution in [2.24, 2.45) is 17.3 Å². The monoisotopic (exact) mass is 504 g/mol. The van der Waals surface area contributed by atoms with Gasteiger partial charge in [-0.25, -0.2) is 4.39 Å². The van der Waals surface area contributed by atoms with E-state index >= 15 is 0 Å². The van der Waals surface area contributed by atoms with Gasteiger partial charge in [-0.3, -0.25) is 9.59 Å². The molecule has 4 aliphatic rings. The van der Waals surface area contributed by atoms with E-state index in [2.05, 4.69) is 22.6 Å². The van der Waals surface area contributed by atoms with Crippen LogP contribution in [0.15, 0.2) is 35.3 Å². The lowest BCUT2D eigenvalue weighted by Crippen LogP contribution is -2.32. The number of benzene rings is 1. The molecule has 1 saturated heterocycles. The molecule has 1 spiro atoms. The molecule has 36 heavy (non-hydrogen) atoms. The number of nitrogens with zero attached hydrogens (tertiary/aromatic N) is 2. The Morgan fingerprint density at radius 2 is 1.89 bits per heavy atom. The maximum Gasteiger partial charge on any atom is 0.419 e. The van der Waals surface area contributed by atoms with Gasteiger partial charge in [-0.1, -0.05) is 12.1 Å². The standard InChI is InChI=1S/C26H28F4N4O2/c1-13(14-4-3-5-18(22(14)27)26(28,29)30)31-24(36)17-12-34(20-9-25(20)6-7-25)21(35)8-19(17)32-23-15-10-33(2)11-16(15)23/h3-5,8,12-13,15-16,20,23,32H,6-7,9-11H2,1-2H3,(H,31,36)/t13-,15-,16+,20+,23?/m1/s1. The van der Waals surface area contributed by atoms with Crippen molar-refractivity contribution in [1.29, 1.82) is 0 Å². The van der Waals surface area contributed by atoms with Crippen LogP contribution in [0.2, 0.25) is 0 Å². The Labute approximate surface area is 205 Å². The zero-order chi connectivity index (χ0) is 25.6. The predicted molar refractivity (Wildman–Crippen MR) is 125 cm³/mol. The number of likely N-dealkylation sites (tertiary alicyclic amines) is 1. The number of anilines is 1. The van der Waals surface area contributed by atoms with Crippen molar-refractivity contribution in [3.8, 4) is 0 Å². The molecule has 1 unspecified atom stereocenters. The highest BCUT2D eigenvalue weighted by Crippen LogP contribution is 2.72. The molecule has 1 aromatic heterocycles. The number of hydrogen-bond donors (Lipinski definition) is 2. The van der Waals surface area contributed by atoms with Crippen molar-refractivity contribution >= 4 is 11.6 Å². The Morgan fingerprint density at radius 3 is 2.50 bits per heavy atom. The number of carbonyl (C=O) groups is 1. The molecular formula is C26H28F4N4O2. The summed E-state index contributed by atoms with van der Waals surface area (Å²) >= 11 is 0. The average molecular weight is 505 g/mol. The van der Waals surface area contributed by atoms with Crippen LogP contribution in [0, 0.1) is 23.1 Å². The summed E-state index contributed by atoms with van der Waals surface area (Å²) in [6.45, 7) is 3.33. The highest BCUT2D eigenvalue weighted by molar-refractivity contribution is 5.99. The normalized spacial score (nSPS) is 28.5. The van der Waals surface area contributed by atoms with Crippen molar-refractivity contribution in [3.63, 3.8) is 0 Å². The predicted octanol–water partition coefficient (Wildman–Crippen LogP) is 4.19. The second-order valence-corrected chi connectivity index (χ2v) is 11.0. The molecule has 10 heteroatoms. The smallest absolute Gasteiger partial charge is 0.381 e. The van der Waals surface area contributed by atoms with Gasteiger partial charge in [-0.2, -0.15) is 13.2 Å². The van der Waals surface area contributed by atoms with Crippen LogP contribution in [0.3, 0.4) is 0 Å². The van der Waals surface area contributed by atoms with Gasteiger partial charge in [0.1, 0.15) is 5.82 Å². The van der Waals surface area contributed by atoms with E-state index < -0.39 is 29.5 Å². The van der Waals surface area contributed by atoms with Gasteiger partial charge < -0.3 is 20.1 Å². The van der Waals surface area contributed by atoms with Gasteiger partial charge in [-0.15, -0.1) is 0 Å². The van der Waals surface area contributed by atoms with Gasteiger partial charge in [0.15, 0.2) is 0 Å². The molecule has 2 N–H and O–H groups in total. The second kappa shape index (κ2) is 7.81. The van der Waals surface area contributed by atoms with Crippen molar-refractivity contribution in [2.75, 3.05) is 25.5 Å². The van der Waals surface area contributed by atoms with E-state index in [0.29, 0.717) is 23.6 Å². The van der Waals surface area contributed by atoms with Crippen LogP contribution in [0.4, 0.5) is 23.2 Å². The van der Waals surface area contributed by atoms with Gasteiger partial charge in [0, 0.05) is 43.0 Å². The van der Waals surface area contributed by atoms with E-state index in [9.17, 15) is 27.2 Å². The van der Waals surface area contributed by atoms with E-state index in [1.54, 1.807) is 10.8 Å². The second-order valence-electron chi connectivity index (χ2n) is 11.0. The highest BCUT2D eigenvalue weighted by atomic mass is 19.4. The maximum absolute atomic E-state index is 14.7. The first-order valence-electron chi connectivity index (χ1n) is 12.4. The molecule has 2 heterocycles. The lowest BCUT2D eigenvalue weighted by molar-refractivity contribution is -0.140. The number of aromatic nitrogens is 1. The summed E-state index contributed by atoms with van der Waals surface area (Å²) < 4.78 is 55.8. The van der Waals surface area contributed by atoms with Crippen LogP contribution in [0.5, 0.6) is 0 Å². The zero-order valence-electron chi connectivity index (χ0n) is 20.0. The van der Waals surface area contributed by atoms with Gasteiger partial charge in [0.05, 0.1) is 22.9 Å². The first kappa shape index (κ1) is 23.5. The molecule has 2 aromatic rings. The summed E-state index contributed by atoms with van der Waals surface area (Å²) in [5.41, 5.74) is -0.958. The minimum Gasteiger partial charge on any atom is -0.381 e. The van der Waals surface area contributed by atoms with Gasteiger partial charge in [0.2, 0.25) is 0 Å². The minimum atomic E-state index is -4.84. The first-order valence-corrected chi connectivity index (χ1v) is 12.4. The van der Waals surface area contributed by atoms with Crippen LogP contribution in [-0.4, -0.2) is 41.6 Å². The van der Waals surface area contributed by atoms with Gasteiger partial charge in [-0.05, 0) is 56.6 Å². The highest BCUT2D eigenvalue weighted by Gasteiger charge is 2.64. The van der Waals surface area contributed by atoms with Gasteiger partial charge in [0.25, 0.3) is 11.5 Å². The van der Waals surface area contributed by atoms with Crippen molar-refractivity contribution < 1.29 is 22.4 Å². The van der Waals surface area contributed by atoms with E-state index in [1.165, 1.54) is 19.1 Å². The van der Waals surface area contributed by atoms with Crippen molar-refractivity contribution in [2.45, 2.75) is 50.5 Å². The number of halogens is 4. The zero-order valence-corrected chi connectivity index (χ0v) is 20.0. The molecule has 192 valence electrons. The fraction of sp³-hybridized carbons (Fsp3) is 0.538. The number of pyridine rings is 1. The summed E-state index contributed by atoms with van der Waals surface area (Å²) in [5, 5.41) is 6.04. The third-order valence-electron chi connectivity index (χ3n) is 8.55. The van der Waals surface area contributed by atoms with Crippen LogP contribution in [-0.2, 0) is 6.18 Å². The Hall–Kier alpha value is -2.88. The number of nitrogens with one attached hydrogen (secondary N) is 2. The SMILES string of the molecule is C[C@@H](NC(=O)c1cn([C@H]2CC23CC3)c(=O)cc1NC1[C@H]2CN(C)C[C@@H]12)c1cccc(C(F)(F)F)c1F. The first-order chi connectivity index (χ1) is 17.0. The van der Waals surface area contributed by atoms with E-state index in [4.69, 9.17) is 0 Å². The van der Waals surface area contributed by atoms with Crippen molar-refractivity contribution in [1.82, 2.24) is 14.8 Å². The number of fused-ring (bicyclic) bond motifs is 1. The number of rotatable bonds is 6. The largest absolute Gasteiger partial charge is 0.419 e. The van der Waals surface area contributed by atoms with E-state index in [-0.39, 0.29) is 34.2 Å². The molecular weight excluding hydrogens is 476 g/mol. The number of hydrogen-bond acceptors (Lipinski definition) is 4. The molecule has 5 atom stereocenters. The minimum absolute atomic E-state index is 0.0675. The lowest BCUT2D eigenvalue weighted by Gasteiger charge is -2.21. The fourth-order valence-corrected chi connectivity index (χ4v) is 6.10. The number of carbonyl (C=O) groups excluding carboxylic acids is 1. The van der Waals surface area contributed by atoms with Crippen LogP contribution < -0.4 is 16.2 Å². The quantitative estimate of drug-likeness (QED) is 0.579. The van der Waals surface area contributed by atoms with Crippen LogP contribution >= 0.6 is 0 Å². The van der Waals surface area contributed by atoms with E-state index in [0.717, 1.165) is 38.4 Å². The molecule has 1 amide bonds. The topological polar surface area (TPSA) is 66.4 Å². The summed E-state index contributed by atoms with van der Waals surface area (Å²) in [7, 11) is 2.06. The Bertz CT molecular complexity index is 1290. The molecule has 6 rings (SSSR count). The molecule has 3 saturated carbocycles. The Kier molecular flexibility index (Phi) is 5.10. The Balaban J connectivity index is 1.28. The van der Waals surface area contributed by atoms with E-state index in [1.807, 2.05) is 0 Å². The molecule has 1 aliphatic heterocycles. The van der Waals surface area contributed by atoms with Gasteiger partial charge >= 0.3 is 6.18 Å². The summed E-state index contributed by atoms with van der Waals surface area (Å²) in [6.07, 6.45) is -0.230. The average Bonchev–Trinajstić information content (AvgIpc) is 3.76.